The molecule has 1 aromatic heterocycles. The third-order valence-electron chi connectivity index (χ3n) is 5.96. The van der Waals surface area contributed by atoms with Crippen LogP contribution in [0.3, 0.4) is 0 Å². The molecule has 1 heterocycles. The summed E-state index contributed by atoms with van der Waals surface area (Å²) in [4.78, 5) is 61.3. The van der Waals surface area contributed by atoms with E-state index in [0.717, 1.165) is 0 Å². The van der Waals surface area contributed by atoms with Crippen molar-refractivity contribution in [1.29, 1.82) is 0 Å². The second-order valence-electron chi connectivity index (χ2n) is 9.39. The largest absolute Gasteiger partial charge is 0.508 e. The molecule has 13 N–H and O–H groups in total. The maximum absolute atomic E-state index is 13.2. The first kappa shape index (κ1) is 32.5. The number of benzene rings is 1. The average molecular weight is 576 g/mol. The molecular formula is C25H37N9O7. The molecule has 5 unspecified atom stereocenters. The highest BCUT2D eigenvalue weighted by Gasteiger charge is 2.32. The van der Waals surface area contributed by atoms with Crippen molar-refractivity contribution in [3.63, 3.8) is 0 Å². The summed E-state index contributed by atoms with van der Waals surface area (Å²) in [7, 11) is 0. The van der Waals surface area contributed by atoms with Crippen LogP contribution in [-0.4, -0.2) is 91.8 Å². The smallest absolute Gasteiger partial charge is 0.326 e. The van der Waals surface area contributed by atoms with Gasteiger partial charge in [-0.15, -0.1) is 0 Å². The van der Waals surface area contributed by atoms with E-state index in [1.165, 1.54) is 43.7 Å². The summed E-state index contributed by atoms with van der Waals surface area (Å²) in [6, 6.07) is 0.622. The standard InChI is InChI=1S/C25H37N9O7/c1-13(35)20(34-21(37)17(26)10-15-11-29-12-31-15)23(39)33-19(9-14-4-6-16(36)7-5-14)22(38)32-18(24(40)41)3-2-8-30-25(27)28/h4-7,11-13,17-20,35-36H,2-3,8-10,26H2,1H3,(H,29,31)(H,32,38)(H,33,39)(H,34,37)(H,40,41)(H4,27,28,30). The molecule has 16 heteroatoms. The van der Waals surface area contributed by atoms with E-state index in [9.17, 15) is 34.5 Å². The lowest BCUT2D eigenvalue weighted by atomic mass is 10.0. The van der Waals surface area contributed by atoms with Crippen LogP contribution in [0.15, 0.2) is 41.8 Å². The van der Waals surface area contributed by atoms with Gasteiger partial charge in [0.05, 0.1) is 18.5 Å². The number of nitrogens with zero attached hydrogens (tertiary/aromatic N) is 2. The van der Waals surface area contributed by atoms with E-state index in [-0.39, 0.29) is 43.9 Å². The van der Waals surface area contributed by atoms with Crippen molar-refractivity contribution in [3.8, 4) is 5.75 Å². The zero-order valence-electron chi connectivity index (χ0n) is 22.5. The Balaban J connectivity index is 2.18. The topological polar surface area (TPSA) is 284 Å². The fourth-order valence-corrected chi connectivity index (χ4v) is 3.76. The van der Waals surface area contributed by atoms with Crippen molar-refractivity contribution in [3.05, 3.63) is 48.0 Å². The summed E-state index contributed by atoms with van der Waals surface area (Å²) in [5, 5.41) is 36.7. The molecular weight excluding hydrogens is 538 g/mol. The minimum Gasteiger partial charge on any atom is -0.508 e. The molecule has 1 aromatic carbocycles. The normalized spacial score (nSPS) is 14.5. The van der Waals surface area contributed by atoms with Gasteiger partial charge in [0.1, 0.15) is 23.9 Å². The van der Waals surface area contributed by atoms with Crippen molar-refractivity contribution in [1.82, 2.24) is 25.9 Å². The quantitative estimate of drug-likeness (QED) is 0.0554. The van der Waals surface area contributed by atoms with Gasteiger partial charge in [-0.1, -0.05) is 12.1 Å². The van der Waals surface area contributed by atoms with Crippen LogP contribution in [0.2, 0.25) is 0 Å². The number of nitrogens with one attached hydrogen (secondary N) is 4. The molecule has 0 bridgehead atoms. The number of carboxylic acid groups (broad SMARTS) is 1. The third-order valence-corrected chi connectivity index (χ3v) is 5.96. The van der Waals surface area contributed by atoms with E-state index in [2.05, 4.69) is 30.9 Å². The zero-order valence-corrected chi connectivity index (χ0v) is 22.5. The van der Waals surface area contributed by atoms with Crippen LogP contribution in [0.5, 0.6) is 5.75 Å². The van der Waals surface area contributed by atoms with Crippen molar-refractivity contribution in [2.45, 2.75) is 62.9 Å². The number of hydrogen-bond acceptors (Lipinski definition) is 9. The molecule has 2 aromatic rings. The van der Waals surface area contributed by atoms with E-state index < -0.39 is 54.0 Å². The maximum Gasteiger partial charge on any atom is 0.326 e. The molecule has 0 aliphatic carbocycles. The average Bonchev–Trinajstić information content (AvgIpc) is 3.42. The van der Waals surface area contributed by atoms with Gasteiger partial charge >= 0.3 is 5.97 Å². The first-order valence-electron chi connectivity index (χ1n) is 12.8. The van der Waals surface area contributed by atoms with Crippen molar-refractivity contribution >= 4 is 29.7 Å². The lowest BCUT2D eigenvalue weighted by Crippen LogP contribution is -2.60. The molecule has 0 saturated carbocycles. The van der Waals surface area contributed by atoms with Gasteiger partial charge < -0.3 is 53.5 Å². The van der Waals surface area contributed by atoms with Gasteiger partial charge in [-0.05, 0) is 37.5 Å². The Morgan fingerprint density at radius 2 is 1.66 bits per heavy atom. The second-order valence-corrected chi connectivity index (χ2v) is 9.39. The Labute approximate surface area is 235 Å². The number of nitrogens with two attached hydrogens (primary N) is 3. The van der Waals surface area contributed by atoms with Gasteiger partial charge in [0.25, 0.3) is 0 Å². The number of rotatable bonds is 16. The molecule has 0 spiro atoms. The number of H-pyrrole nitrogens is 1. The lowest BCUT2D eigenvalue weighted by Gasteiger charge is -2.26. The number of aromatic hydroxyl groups is 1. The summed E-state index contributed by atoms with van der Waals surface area (Å²) in [5.74, 6) is -3.94. The maximum atomic E-state index is 13.2. The Morgan fingerprint density at radius 3 is 2.22 bits per heavy atom. The summed E-state index contributed by atoms with van der Waals surface area (Å²) in [6.07, 6.45) is 1.77. The van der Waals surface area contributed by atoms with E-state index in [4.69, 9.17) is 17.2 Å². The number of phenols is 1. The van der Waals surface area contributed by atoms with Gasteiger partial charge in [-0.3, -0.25) is 19.4 Å². The third kappa shape index (κ3) is 11.1. The fourth-order valence-electron chi connectivity index (χ4n) is 3.76. The van der Waals surface area contributed by atoms with Crippen molar-refractivity contribution in [2.24, 2.45) is 22.2 Å². The molecule has 3 amide bonds. The molecule has 5 atom stereocenters. The molecule has 0 aliphatic rings. The number of phenolic OH excluding ortho intramolecular Hbond substituents is 1. The van der Waals surface area contributed by atoms with E-state index in [1.807, 2.05) is 0 Å². The summed E-state index contributed by atoms with van der Waals surface area (Å²) in [5.41, 5.74) is 17.6. The number of aliphatic hydroxyl groups excluding tert-OH is 1. The summed E-state index contributed by atoms with van der Waals surface area (Å²) < 4.78 is 0. The monoisotopic (exact) mass is 575 g/mol. The van der Waals surface area contributed by atoms with E-state index >= 15 is 0 Å². The van der Waals surface area contributed by atoms with Gasteiger partial charge in [0, 0.05) is 31.3 Å². The van der Waals surface area contributed by atoms with Crippen LogP contribution in [0.1, 0.15) is 31.0 Å². The first-order valence-corrected chi connectivity index (χ1v) is 12.8. The van der Waals surface area contributed by atoms with Crippen LogP contribution >= 0.6 is 0 Å². The van der Waals surface area contributed by atoms with E-state index in [0.29, 0.717) is 11.3 Å². The Hall–Kier alpha value is -4.70. The molecule has 224 valence electrons. The highest BCUT2D eigenvalue weighted by atomic mass is 16.4. The Morgan fingerprint density at radius 1 is 1.00 bits per heavy atom. The number of guanidine groups is 1. The number of carboxylic acids is 1. The predicted molar refractivity (Wildman–Crippen MR) is 147 cm³/mol. The SMILES string of the molecule is CC(O)C(NC(=O)C(N)Cc1cnc[nH]1)C(=O)NC(Cc1ccc(O)cc1)C(=O)NC(CCCN=C(N)N)C(=O)O. The molecule has 0 saturated heterocycles. The highest BCUT2D eigenvalue weighted by Crippen LogP contribution is 2.12. The van der Waals surface area contributed by atoms with Crippen molar-refractivity contribution in [2.75, 3.05) is 6.54 Å². The number of carbonyl (C=O) groups is 4. The number of aliphatic hydroxyl groups is 1. The summed E-state index contributed by atoms with van der Waals surface area (Å²) >= 11 is 0. The number of amides is 3. The zero-order chi connectivity index (χ0) is 30.5. The van der Waals surface area contributed by atoms with Gasteiger partial charge in [-0.25, -0.2) is 9.78 Å². The molecule has 0 radical (unpaired) electrons. The fraction of sp³-hybridized carbons (Fsp3) is 0.440. The highest BCUT2D eigenvalue weighted by molar-refractivity contribution is 5.94. The molecule has 0 fully saturated rings. The minimum atomic E-state index is -1.49. The predicted octanol–water partition coefficient (Wildman–Crippen LogP) is -2.80. The van der Waals surface area contributed by atoms with Crippen LogP contribution < -0.4 is 33.2 Å². The first-order chi connectivity index (χ1) is 19.4. The number of carbonyl (C=O) groups excluding carboxylic acids is 3. The molecule has 16 nitrogen and oxygen atoms in total. The van der Waals surface area contributed by atoms with Gasteiger partial charge in [-0.2, -0.15) is 0 Å². The summed E-state index contributed by atoms with van der Waals surface area (Å²) in [6.45, 7) is 1.42. The second kappa shape index (κ2) is 15.8. The Bertz CT molecular complexity index is 1180. The van der Waals surface area contributed by atoms with Crippen molar-refractivity contribution < 1.29 is 34.5 Å². The number of aromatic amines is 1. The number of aromatic nitrogens is 2. The van der Waals surface area contributed by atoms with Crippen LogP contribution in [0, 0.1) is 0 Å². The molecule has 41 heavy (non-hydrogen) atoms. The lowest BCUT2D eigenvalue weighted by molar-refractivity contribution is -0.142. The number of aliphatic carboxylic acids is 1. The Kier molecular flexibility index (Phi) is 12.5. The number of hydrogen-bond donors (Lipinski definition) is 10. The van der Waals surface area contributed by atoms with Crippen LogP contribution in [0.25, 0.3) is 0 Å². The van der Waals surface area contributed by atoms with Crippen LogP contribution in [0.4, 0.5) is 0 Å². The molecule has 0 aliphatic heterocycles. The van der Waals surface area contributed by atoms with E-state index in [1.54, 1.807) is 0 Å². The minimum absolute atomic E-state index is 0.00168. The van der Waals surface area contributed by atoms with Gasteiger partial charge in [0.15, 0.2) is 5.96 Å². The molecule has 2 rings (SSSR count). The number of aliphatic imine (C=N–C) groups is 1. The number of imidazole rings is 1. The van der Waals surface area contributed by atoms with Gasteiger partial charge in [0.2, 0.25) is 17.7 Å². The van der Waals surface area contributed by atoms with Crippen LogP contribution in [-0.2, 0) is 32.0 Å².